The predicted octanol–water partition coefficient (Wildman–Crippen LogP) is 2.55. The Kier molecular flexibility index (Phi) is 2.61. The first-order valence-corrected chi connectivity index (χ1v) is 4.38. The number of benzene rings is 1. The Balaban J connectivity index is 2.16. The Labute approximate surface area is 87.6 Å². The minimum atomic E-state index is 0.512. The van der Waals surface area contributed by atoms with Gasteiger partial charge in [0.15, 0.2) is 0 Å². The second-order valence-corrected chi connectivity index (χ2v) is 2.83. The fourth-order valence-electron chi connectivity index (χ4n) is 1.08. The first-order valence-electron chi connectivity index (χ1n) is 4.38. The molecule has 0 fully saturated rings. The molecule has 0 saturated carbocycles. The van der Waals surface area contributed by atoms with Crippen molar-refractivity contribution in [1.82, 2.24) is 4.98 Å². The molecule has 0 N–H and O–H groups in total. The van der Waals surface area contributed by atoms with E-state index in [0.717, 1.165) is 0 Å². The van der Waals surface area contributed by atoms with Gasteiger partial charge in [0.1, 0.15) is 5.75 Å². The molecule has 2 rings (SSSR count). The highest BCUT2D eigenvalue weighted by Crippen LogP contribution is 2.18. The predicted molar refractivity (Wildman–Crippen MR) is 54.3 cm³/mol. The number of nitriles is 1. The zero-order chi connectivity index (χ0) is 10.5. The van der Waals surface area contributed by atoms with Gasteiger partial charge in [0.05, 0.1) is 11.6 Å². The van der Waals surface area contributed by atoms with E-state index in [9.17, 15) is 0 Å². The van der Waals surface area contributed by atoms with Crippen LogP contribution < -0.4 is 4.74 Å². The van der Waals surface area contributed by atoms with Gasteiger partial charge in [-0.2, -0.15) is 5.26 Å². The maximum Gasteiger partial charge on any atom is 0.219 e. The Morgan fingerprint density at radius 2 is 2.00 bits per heavy atom. The van der Waals surface area contributed by atoms with Crippen LogP contribution in [-0.2, 0) is 0 Å². The summed E-state index contributed by atoms with van der Waals surface area (Å²) in [5.41, 5.74) is 0.608. The maximum atomic E-state index is 8.61. The van der Waals surface area contributed by atoms with Crippen LogP contribution >= 0.6 is 0 Å². The summed E-state index contributed by atoms with van der Waals surface area (Å²) in [4.78, 5) is 3.97. The molecule has 1 aromatic carbocycles. The molecule has 0 saturated heterocycles. The Morgan fingerprint density at radius 1 is 1.20 bits per heavy atom. The number of ether oxygens (including phenoxy) is 1. The van der Waals surface area contributed by atoms with Crippen LogP contribution in [0.25, 0.3) is 0 Å². The van der Waals surface area contributed by atoms with Crippen molar-refractivity contribution in [2.45, 2.75) is 0 Å². The van der Waals surface area contributed by atoms with Gasteiger partial charge in [0.25, 0.3) is 0 Å². The maximum absolute atomic E-state index is 8.61. The summed E-state index contributed by atoms with van der Waals surface area (Å²) in [6.45, 7) is 0. The van der Waals surface area contributed by atoms with E-state index >= 15 is 0 Å². The highest BCUT2D eigenvalue weighted by atomic mass is 16.5. The van der Waals surface area contributed by atoms with Crippen molar-refractivity contribution >= 4 is 0 Å². The van der Waals surface area contributed by atoms with E-state index < -0.39 is 0 Å². The van der Waals surface area contributed by atoms with Gasteiger partial charge in [0.2, 0.25) is 5.88 Å². The van der Waals surface area contributed by atoms with Crippen LogP contribution in [0.4, 0.5) is 0 Å². The first-order chi connectivity index (χ1) is 7.38. The molecule has 15 heavy (non-hydrogen) atoms. The standard InChI is InChI=1S/C12H7N2O/c13-9-10-4-6-11(7-5-10)15-12-3-1-2-8-14-12/h1,3-8H. The van der Waals surface area contributed by atoms with E-state index in [4.69, 9.17) is 10.00 Å². The molecule has 0 spiro atoms. The summed E-state index contributed by atoms with van der Waals surface area (Å²) in [6, 6.07) is 15.2. The Bertz CT molecular complexity index is 471. The topological polar surface area (TPSA) is 45.9 Å². The molecule has 3 heteroatoms. The van der Waals surface area contributed by atoms with Crippen LogP contribution in [0.5, 0.6) is 11.6 Å². The summed E-state index contributed by atoms with van der Waals surface area (Å²) in [7, 11) is 0. The molecule has 0 aliphatic carbocycles. The monoisotopic (exact) mass is 195 g/mol. The van der Waals surface area contributed by atoms with Crippen molar-refractivity contribution < 1.29 is 4.74 Å². The van der Waals surface area contributed by atoms with Crippen molar-refractivity contribution in [3.63, 3.8) is 0 Å². The van der Waals surface area contributed by atoms with Gasteiger partial charge in [-0.25, -0.2) is 4.98 Å². The van der Waals surface area contributed by atoms with Crippen molar-refractivity contribution in [3.8, 4) is 17.7 Å². The molecule has 1 aromatic heterocycles. The summed E-state index contributed by atoms with van der Waals surface area (Å²) < 4.78 is 5.44. The highest BCUT2D eigenvalue weighted by Gasteiger charge is 1.97. The zero-order valence-electron chi connectivity index (χ0n) is 7.84. The van der Waals surface area contributed by atoms with Gasteiger partial charge >= 0.3 is 0 Å². The van der Waals surface area contributed by atoms with Gasteiger partial charge in [-0.15, -0.1) is 0 Å². The van der Waals surface area contributed by atoms with Crippen LogP contribution in [0.15, 0.2) is 42.6 Å². The van der Waals surface area contributed by atoms with E-state index in [2.05, 4.69) is 11.1 Å². The third-order valence-electron chi connectivity index (χ3n) is 1.79. The molecule has 0 amide bonds. The molecule has 0 aliphatic heterocycles. The van der Waals surface area contributed by atoms with Crippen molar-refractivity contribution in [2.24, 2.45) is 0 Å². The molecule has 1 heterocycles. The summed E-state index contributed by atoms with van der Waals surface area (Å²) in [6.07, 6.45) is 1.54. The number of hydrogen-bond donors (Lipinski definition) is 0. The minimum absolute atomic E-state index is 0.512. The first kappa shape index (κ1) is 9.22. The lowest BCUT2D eigenvalue weighted by Gasteiger charge is -2.03. The van der Waals surface area contributed by atoms with E-state index in [1.807, 2.05) is 6.07 Å². The van der Waals surface area contributed by atoms with Gasteiger partial charge in [-0.3, -0.25) is 0 Å². The lowest BCUT2D eigenvalue weighted by molar-refractivity contribution is 0.463. The number of nitrogens with zero attached hydrogens (tertiary/aromatic N) is 2. The van der Waals surface area contributed by atoms with Gasteiger partial charge < -0.3 is 4.74 Å². The van der Waals surface area contributed by atoms with E-state index in [1.165, 1.54) is 0 Å². The third kappa shape index (κ3) is 2.32. The summed E-state index contributed by atoms with van der Waals surface area (Å²) in [5.74, 6) is 1.17. The second-order valence-electron chi connectivity index (χ2n) is 2.83. The van der Waals surface area contributed by atoms with Crippen LogP contribution in [0.2, 0.25) is 0 Å². The molecule has 0 atom stereocenters. The molecular formula is C12H7N2O. The molecule has 0 unspecified atom stereocenters. The van der Waals surface area contributed by atoms with Crippen molar-refractivity contribution in [3.05, 3.63) is 54.2 Å². The van der Waals surface area contributed by atoms with Crippen molar-refractivity contribution in [1.29, 1.82) is 5.26 Å². The summed E-state index contributed by atoms with van der Waals surface area (Å²) >= 11 is 0. The normalized spacial score (nSPS) is 9.27. The summed E-state index contributed by atoms with van der Waals surface area (Å²) in [5, 5.41) is 8.61. The smallest absolute Gasteiger partial charge is 0.219 e. The number of pyridine rings is 1. The number of aromatic nitrogens is 1. The molecule has 0 aliphatic rings. The van der Waals surface area contributed by atoms with Gasteiger partial charge in [-0.1, -0.05) is 0 Å². The highest BCUT2D eigenvalue weighted by molar-refractivity contribution is 5.35. The van der Waals surface area contributed by atoms with Crippen LogP contribution in [0.3, 0.4) is 0 Å². The average molecular weight is 195 g/mol. The minimum Gasteiger partial charge on any atom is -0.439 e. The fraction of sp³-hybridized carbons (Fsp3) is 0. The largest absolute Gasteiger partial charge is 0.439 e. The van der Waals surface area contributed by atoms with Crippen molar-refractivity contribution in [2.75, 3.05) is 0 Å². The quantitative estimate of drug-likeness (QED) is 0.739. The average Bonchev–Trinajstić information content (AvgIpc) is 2.31. The Hall–Kier alpha value is -2.34. The van der Waals surface area contributed by atoms with Crippen LogP contribution in [-0.4, -0.2) is 4.98 Å². The number of rotatable bonds is 2. The van der Waals surface area contributed by atoms with E-state index in [-0.39, 0.29) is 0 Å². The lowest BCUT2D eigenvalue weighted by Crippen LogP contribution is -1.86. The number of hydrogen-bond acceptors (Lipinski definition) is 3. The molecule has 2 aromatic rings. The SMILES string of the molecule is N#Cc1ccc(Oc2cc[c]cn2)cc1. The van der Waals surface area contributed by atoms with Crippen LogP contribution in [0.1, 0.15) is 5.56 Å². The lowest BCUT2D eigenvalue weighted by atomic mass is 10.2. The molecule has 71 valence electrons. The van der Waals surface area contributed by atoms with Gasteiger partial charge in [0, 0.05) is 18.3 Å². The molecular weight excluding hydrogens is 188 g/mol. The van der Waals surface area contributed by atoms with E-state index in [0.29, 0.717) is 17.2 Å². The molecule has 0 bridgehead atoms. The van der Waals surface area contributed by atoms with E-state index in [1.54, 1.807) is 42.6 Å². The molecule has 3 nitrogen and oxygen atoms in total. The zero-order valence-corrected chi connectivity index (χ0v) is 7.84. The second kappa shape index (κ2) is 4.25. The fourth-order valence-corrected chi connectivity index (χ4v) is 1.08. The van der Waals surface area contributed by atoms with Gasteiger partial charge in [-0.05, 0) is 30.3 Å². The third-order valence-corrected chi connectivity index (χ3v) is 1.79. The Morgan fingerprint density at radius 3 is 2.60 bits per heavy atom. The molecule has 1 radical (unpaired) electrons. The van der Waals surface area contributed by atoms with Crippen LogP contribution in [0, 0.1) is 17.4 Å².